The largest absolute Gasteiger partial charge is 0.444 e. The van der Waals surface area contributed by atoms with Crippen molar-refractivity contribution in [2.75, 3.05) is 37.6 Å². The molecular formula is C35H46N14O2. The quantitative estimate of drug-likeness (QED) is 0.242. The fraction of sp³-hybridized carbons (Fsp3) is 0.457. The number of amides is 1. The van der Waals surface area contributed by atoms with Gasteiger partial charge in [0, 0.05) is 92.3 Å². The summed E-state index contributed by atoms with van der Waals surface area (Å²) >= 11 is 0. The van der Waals surface area contributed by atoms with Crippen molar-refractivity contribution in [1.29, 1.82) is 0 Å². The predicted octanol–water partition coefficient (Wildman–Crippen LogP) is 4.01. The zero-order valence-corrected chi connectivity index (χ0v) is 29.8. The van der Waals surface area contributed by atoms with Crippen LogP contribution in [0.1, 0.15) is 69.7 Å². The van der Waals surface area contributed by atoms with Gasteiger partial charge in [0.25, 0.3) is 0 Å². The molecule has 0 saturated carbocycles. The molecule has 8 heterocycles. The number of aromatic nitrogens is 10. The van der Waals surface area contributed by atoms with Gasteiger partial charge in [0.05, 0.1) is 36.2 Å². The van der Waals surface area contributed by atoms with Crippen LogP contribution in [0.15, 0.2) is 49.3 Å². The summed E-state index contributed by atoms with van der Waals surface area (Å²) in [5.74, 6) is 1.66. The lowest BCUT2D eigenvalue weighted by atomic mass is 9.94. The number of likely N-dealkylation sites (tertiary alicyclic amines) is 1. The summed E-state index contributed by atoms with van der Waals surface area (Å²) in [5.41, 5.74) is 19.1. The maximum Gasteiger partial charge on any atom is 0.410 e. The Balaban J connectivity index is 0.000000165. The monoisotopic (exact) mass is 694 g/mol. The topological polar surface area (TPSA) is 190 Å². The van der Waals surface area contributed by atoms with Crippen LogP contribution in [-0.2, 0) is 18.8 Å². The third kappa shape index (κ3) is 7.22. The standard InChI is InChI=1S/C20H27N7O2.C15H19N7/c1-20(2,3)29-19(28)26-7-5-6-13(12-26)16-8-17(21)27-18(24-16)15(10-23-27)14-9-22-25(4)11-14;1-21-9-11(7-18-21)12-8-19-22-14(16)5-13(20-15(12)22)10-3-2-4-17-6-10/h8-11,13H,5-7,12,21H2,1-4H3;5,7-10,17H,2-4,6,16H2,1H3. The molecule has 0 bridgehead atoms. The highest BCUT2D eigenvalue weighted by Gasteiger charge is 2.30. The van der Waals surface area contributed by atoms with Gasteiger partial charge in [-0.1, -0.05) is 0 Å². The molecule has 2 aliphatic heterocycles. The van der Waals surface area contributed by atoms with Crippen molar-refractivity contribution < 1.29 is 9.53 Å². The second kappa shape index (κ2) is 13.7. The first kappa shape index (κ1) is 34.0. The fourth-order valence-corrected chi connectivity index (χ4v) is 6.77. The van der Waals surface area contributed by atoms with Crippen molar-refractivity contribution >= 4 is 29.0 Å². The highest BCUT2D eigenvalue weighted by Crippen LogP contribution is 2.32. The van der Waals surface area contributed by atoms with Crippen molar-refractivity contribution in [3.8, 4) is 22.3 Å². The molecule has 5 N–H and O–H groups in total. The molecule has 0 aliphatic carbocycles. The number of hydrogen-bond donors (Lipinski definition) is 3. The molecule has 2 fully saturated rings. The fourth-order valence-electron chi connectivity index (χ4n) is 6.77. The molecule has 2 unspecified atom stereocenters. The predicted molar refractivity (Wildman–Crippen MR) is 194 cm³/mol. The summed E-state index contributed by atoms with van der Waals surface area (Å²) in [6, 6.07) is 3.81. The van der Waals surface area contributed by atoms with E-state index in [0.29, 0.717) is 36.3 Å². The van der Waals surface area contributed by atoms with Crippen LogP contribution in [0.5, 0.6) is 0 Å². The molecule has 6 aromatic heterocycles. The average Bonchev–Trinajstić information content (AvgIpc) is 3.91. The van der Waals surface area contributed by atoms with Crippen molar-refractivity contribution in [3.63, 3.8) is 0 Å². The van der Waals surface area contributed by atoms with Crippen LogP contribution < -0.4 is 16.8 Å². The first-order valence-corrected chi connectivity index (χ1v) is 17.4. The lowest BCUT2D eigenvalue weighted by Crippen LogP contribution is -2.42. The van der Waals surface area contributed by atoms with E-state index in [1.165, 1.54) is 6.42 Å². The summed E-state index contributed by atoms with van der Waals surface area (Å²) in [5, 5.41) is 20.6. The highest BCUT2D eigenvalue weighted by atomic mass is 16.6. The number of carbonyl (C=O) groups excluding carboxylic acids is 1. The van der Waals surface area contributed by atoms with E-state index < -0.39 is 5.60 Å². The van der Waals surface area contributed by atoms with Crippen molar-refractivity contribution in [1.82, 2.24) is 59.0 Å². The van der Waals surface area contributed by atoms with Gasteiger partial charge in [-0.3, -0.25) is 9.36 Å². The van der Waals surface area contributed by atoms with Crippen LogP contribution in [-0.4, -0.2) is 91.5 Å². The zero-order valence-electron chi connectivity index (χ0n) is 29.8. The molecule has 8 rings (SSSR count). The number of rotatable bonds is 4. The highest BCUT2D eigenvalue weighted by molar-refractivity contribution is 5.78. The Morgan fingerprint density at radius 3 is 1.84 bits per heavy atom. The molecule has 2 atom stereocenters. The molecule has 16 heteroatoms. The Hall–Kier alpha value is -5.51. The van der Waals surface area contributed by atoms with Crippen molar-refractivity contribution in [2.24, 2.45) is 14.1 Å². The van der Waals surface area contributed by atoms with E-state index >= 15 is 0 Å². The van der Waals surface area contributed by atoms with Gasteiger partial charge in [0.1, 0.15) is 17.2 Å². The Morgan fingerprint density at radius 2 is 1.35 bits per heavy atom. The number of carbonyl (C=O) groups is 1. The zero-order chi connectivity index (χ0) is 35.9. The Kier molecular flexibility index (Phi) is 9.10. The summed E-state index contributed by atoms with van der Waals surface area (Å²) in [7, 11) is 3.77. The summed E-state index contributed by atoms with van der Waals surface area (Å²) in [4.78, 5) is 24.0. The molecule has 1 amide bonds. The Labute approximate surface area is 295 Å². The lowest BCUT2D eigenvalue weighted by molar-refractivity contribution is 0.0197. The minimum Gasteiger partial charge on any atom is -0.444 e. The molecule has 0 spiro atoms. The number of anilines is 2. The van der Waals surface area contributed by atoms with Crippen LogP contribution in [0.2, 0.25) is 0 Å². The van der Waals surface area contributed by atoms with Gasteiger partial charge in [-0.05, 0) is 53.0 Å². The summed E-state index contributed by atoms with van der Waals surface area (Å²) < 4.78 is 12.4. The molecule has 51 heavy (non-hydrogen) atoms. The van der Waals surface area contributed by atoms with Crippen LogP contribution in [0.4, 0.5) is 16.4 Å². The Morgan fingerprint density at radius 1 is 0.804 bits per heavy atom. The number of nitrogens with two attached hydrogens (primary N) is 2. The van der Waals surface area contributed by atoms with Gasteiger partial charge >= 0.3 is 6.09 Å². The molecule has 2 saturated heterocycles. The maximum atomic E-state index is 12.5. The van der Waals surface area contributed by atoms with E-state index in [9.17, 15) is 4.79 Å². The van der Waals surface area contributed by atoms with Gasteiger partial charge in [0.2, 0.25) is 0 Å². The molecule has 6 aromatic rings. The van der Waals surface area contributed by atoms with Crippen molar-refractivity contribution in [3.05, 3.63) is 60.7 Å². The third-order valence-corrected chi connectivity index (χ3v) is 9.28. The van der Waals surface area contributed by atoms with Crippen LogP contribution in [0, 0.1) is 0 Å². The number of nitrogens with one attached hydrogen (secondary N) is 1. The van der Waals surface area contributed by atoms with Crippen LogP contribution >= 0.6 is 0 Å². The van der Waals surface area contributed by atoms with Crippen LogP contribution in [0.25, 0.3) is 33.5 Å². The average molecular weight is 695 g/mol. The number of fused-ring (bicyclic) bond motifs is 2. The van der Waals surface area contributed by atoms with E-state index in [1.54, 1.807) is 41.9 Å². The molecule has 0 radical (unpaired) electrons. The van der Waals surface area contributed by atoms with Gasteiger partial charge in [0.15, 0.2) is 11.3 Å². The summed E-state index contributed by atoms with van der Waals surface area (Å²) in [6.45, 7) is 8.93. The minimum atomic E-state index is -0.512. The van der Waals surface area contributed by atoms with E-state index in [0.717, 1.165) is 71.6 Å². The van der Waals surface area contributed by atoms with Gasteiger partial charge in [-0.25, -0.2) is 14.8 Å². The van der Waals surface area contributed by atoms with Gasteiger partial charge in [-0.15, -0.1) is 0 Å². The van der Waals surface area contributed by atoms with E-state index in [1.807, 2.05) is 65.6 Å². The van der Waals surface area contributed by atoms with E-state index in [2.05, 4.69) is 25.7 Å². The maximum absolute atomic E-state index is 12.5. The number of piperidine rings is 2. The number of nitrogen functional groups attached to an aromatic ring is 2. The number of ether oxygens (including phenoxy) is 1. The van der Waals surface area contributed by atoms with Crippen LogP contribution in [0.3, 0.4) is 0 Å². The molecule has 16 nitrogen and oxygen atoms in total. The lowest BCUT2D eigenvalue weighted by Gasteiger charge is -2.34. The normalized spacial score (nSPS) is 18.2. The molecule has 2 aliphatic rings. The molecular weight excluding hydrogens is 648 g/mol. The smallest absolute Gasteiger partial charge is 0.410 e. The molecule has 268 valence electrons. The second-order valence-electron chi connectivity index (χ2n) is 14.4. The molecule has 0 aromatic carbocycles. The third-order valence-electron chi connectivity index (χ3n) is 9.28. The first-order valence-electron chi connectivity index (χ1n) is 17.4. The minimum absolute atomic E-state index is 0.0974. The number of nitrogens with zero attached hydrogens (tertiary/aromatic N) is 11. The number of aryl methyl sites for hydroxylation is 2. The van der Waals surface area contributed by atoms with Gasteiger partial charge in [-0.2, -0.15) is 29.4 Å². The van der Waals surface area contributed by atoms with E-state index in [4.69, 9.17) is 26.2 Å². The van der Waals surface area contributed by atoms with Gasteiger partial charge < -0.3 is 26.4 Å². The Bertz CT molecular complexity index is 2160. The summed E-state index contributed by atoms with van der Waals surface area (Å²) in [6.07, 6.45) is 14.9. The number of hydrogen-bond acceptors (Lipinski definition) is 11. The second-order valence-corrected chi connectivity index (χ2v) is 14.4. The van der Waals surface area contributed by atoms with Crippen molar-refractivity contribution in [2.45, 2.75) is 63.9 Å². The SMILES string of the molecule is Cn1cc(-c2cnn3c(N)cc(C4CCCN(C(=O)OC(C)(C)C)C4)nc23)cn1.Cn1cc(-c2cnn3c(N)cc(C4CCCNC4)nc23)cn1. The van der Waals surface area contributed by atoms with E-state index in [-0.39, 0.29) is 12.0 Å². The first-order chi connectivity index (χ1) is 24.4.